The summed E-state index contributed by atoms with van der Waals surface area (Å²) in [4.78, 5) is 30.6. The molecule has 2 saturated heterocycles. The Bertz CT molecular complexity index is 371. The first-order valence-electron chi connectivity index (χ1n) is 8.52. The predicted molar refractivity (Wildman–Crippen MR) is 84.5 cm³/mol. The minimum absolute atomic E-state index is 0.123. The molecule has 0 aromatic rings. The van der Waals surface area contributed by atoms with Gasteiger partial charge in [0.2, 0.25) is 11.8 Å². The highest BCUT2D eigenvalue weighted by molar-refractivity contribution is 5.79. The summed E-state index contributed by atoms with van der Waals surface area (Å²) < 4.78 is 5.30. The molecule has 0 bridgehead atoms. The molecule has 0 aliphatic carbocycles. The lowest BCUT2D eigenvalue weighted by Crippen LogP contribution is -2.48. The number of likely N-dealkylation sites (tertiary alicyclic amines) is 1. The van der Waals surface area contributed by atoms with E-state index in [2.05, 4.69) is 4.90 Å². The van der Waals surface area contributed by atoms with Crippen LogP contribution in [0.1, 0.15) is 26.7 Å². The van der Waals surface area contributed by atoms with Crippen LogP contribution in [0.4, 0.5) is 0 Å². The van der Waals surface area contributed by atoms with Crippen LogP contribution in [-0.2, 0) is 14.3 Å². The monoisotopic (exact) mass is 311 g/mol. The number of hydrogen-bond donors (Lipinski definition) is 0. The van der Waals surface area contributed by atoms with Crippen LogP contribution in [0.3, 0.4) is 0 Å². The lowest BCUT2D eigenvalue weighted by Gasteiger charge is -2.35. The first kappa shape index (κ1) is 17.2. The Morgan fingerprint density at radius 1 is 1.05 bits per heavy atom. The zero-order chi connectivity index (χ0) is 15.9. The van der Waals surface area contributed by atoms with Gasteiger partial charge in [0.05, 0.1) is 19.8 Å². The van der Waals surface area contributed by atoms with Crippen molar-refractivity contribution in [1.82, 2.24) is 14.7 Å². The number of carbonyl (C=O) groups excluding carboxylic acids is 2. The Kier molecular flexibility index (Phi) is 6.64. The molecule has 0 saturated carbocycles. The summed E-state index contributed by atoms with van der Waals surface area (Å²) in [5.41, 5.74) is 0. The first-order chi connectivity index (χ1) is 10.7. The van der Waals surface area contributed by atoms with Crippen LogP contribution in [-0.4, -0.2) is 85.5 Å². The molecule has 0 radical (unpaired) electrons. The van der Waals surface area contributed by atoms with Crippen LogP contribution in [0, 0.1) is 5.92 Å². The molecule has 0 N–H and O–H groups in total. The fraction of sp³-hybridized carbons (Fsp3) is 0.875. The molecular formula is C16H29N3O3. The summed E-state index contributed by atoms with van der Waals surface area (Å²) in [6.07, 6.45) is 1.73. The SMILES string of the molecule is CCN(CC)C(=O)CN1CCC(C(=O)N2CCOCC2)CC1. The number of nitrogens with zero attached hydrogens (tertiary/aromatic N) is 3. The van der Waals surface area contributed by atoms with Gasteiger partial charge in [-0.05, 0) is 39.8 Å². The summed E-state index contributed by atoms with van der Waals surface area (Å²) >= 11 is 0. The molecule has 2 aliphatic rings. The van der Waals surface area contributed by atoms with E-state index in [-0.39, 0.29) is 17.7 Å². The van der Waals surface area contributed by atoms with E-state index < -0.39 is 0 Å². The van der Waals surface area contributed by atoms with Gasteiger partial charge >= 0.3 is 0 Å². The normalized spacial score (nSPS) is 20.9. The third-order valence-corrected chi connectivity index (χ3v) is 4.73. The Hall–Kier alpha value is -1.14. The number of hydrogen-bond acceptors (Lipinski definition) is 4. The molecular weight excluding hydrogens is 282 g/mol. The van der Waals surface area contributed by atoms with Crippen molar-refractivity contribution in [2.75, 3.05) is 59.0 Å². The Morgan fingerprint density at radius 3 is 2.18 bits per heavy atom. The maximum Gasteiger partial charge on any atom is 0.236 e. The quantitative estimate of drug-likeness (QED) is 0.739. The smallest absolute Gasteiger partial charge is 0.236 e. The summed E-state index contributed by atoms with van der Waals surface area (Å²) in [5, 5.41) is 0. The number of piperidine rings is 1. The zero-order valence-corrected chi connectivity index (χ0v) is 13.9. The summed E-state index contributed by atoms with van der Waals surface area (Å²) in [6.45, 7) is 10.5. The maximum atomic E-state index is 12.5. The number of ether oxygens (including phenoxy) is 1. The van der Waals surface area contributed by atoms with E-state index in [1.807, 2.05) is 23.6 Å². The molecule has 2 rings (SSSR count). The van der Waals surface area contributed by atoms with Crippen LogP contribution in [0.25, 0.3) is 0 Å². The van der Waals surface area contributed by atoms with Gasteiger partial charge in [-0.15, -0.1) is 0 Å². The fourth-order valence-corrected chi connectivity index (χ4v) is 3.25. The number of amides is 2. The molecule has 0 aromatic carbocycles. The van der Waals surface area contributed by atoms with E-state index in [0.717, 1.165) is 52.1 Å². The third kappa shape index (κ3) is 4.43. The molecule has 126 valence electrons. The highest BCUT2D eigenvalue weighted by Crippen LogP contribution is 2.20. The average molecular weight is 311 g/mol. The molecule has 2 heterocycles. The van der Waals surface area contributed by atoms with Crippen molar-refractivity contribution in [1.29, 1.82) is 0 Å². The largest absolute Gasteiger partial charge is 0.378 e. The lowest BCUT2D eigenvalue weighted by atomic mass is 9.95. The van der Waals surface area contributed by atoms with Gasteiger partial charge < -0.3 is 14.5 Å². The standard InChI is InChI=1S/C16H29N3O3/c1-3-18(4-2)15(20)13-17-7-5-14(6-8-17)16(21)19-9-11-22-12-10-19/h14H,3-13H2,1-2H3. The van der Waals surface area contributed by atoms with Gasteiger partial charge in [-0.1, -0.05) is 0 Å². The van der Waals surface area contributed by atoms with Gasteiger partial charge in [0.25, 0.3) is 0 Å². The molecule has 22 heavy (non-hydrogen) atoms. The van der Waals surface area contributed by atoms with E-state index in [1.165, 1.54) is 0 Å². The number of likely N-dealkylation sites (N-methyl/N-ethyl adjacent to an activating group) is 1. The third-order valence-electron chi connectivity index (χ3n) is 4.73. The second kappa shape index (κ2) is 8.48. The number of morpholine rings is 1. The van der Waals surface area contributed by atoms with Crippen molar-refractivity contribution in [3.63, 3.8) is 0 Å². The summed E-state index contributed by atoms with van der Waals surface area (Å²) in [7, 11) is 0. The molecule has 0 spiro atoms. The van der Waals surface area contributed by atoms with E-state index in [4.69, 9.17) is 4.74 Å². The minimum atomic E-state index is 0.123. The van der Waals surface area contributed by atoms with Gasteiger partial charge in [0.15, 0.2) is 0 Å². The van der Waals surface area contributed by atoms with Crippen molar-refractivity contribution in [3.05, 3.63) is 0 Å². The van der Waals surface area contributed by atoms with Gasteiger partial charge in [-0.3, -0.25) is 14.5 Å². The van der Waals surface area contributed by atoms with Crippen LogP contribution >= 0.6 is 0 Å². The minimum Gasteiger partial charge on any atom is -0.378 e. The lowest BCUT2D eigenvalue weighted by molar-refractivity contribution is -0.141. The highest BCUT2D eigenvalue weighted by Gasteiger charge is 2.30. The predicted octanol–water partition coefficient (Wildman–Crippen LogP) is 0.426. The Morgan fingerprint density at radius 2 is 1.64 bits per heavy atom. The van der Waals surface area contributed by atoms with Gasteiger partial charge in [-0.25, -0.2) is 0 Å². The van der Waals surface area contributed by atoms with Crippen molar-refractivity contribution in [2.45, 2.75) is 26.7 Å². The number of rotatable bonds is 5. The molecule has 0 aromatic heterocycles. The highest BCUT2D eigenvalue weighted by atomic mass is 16.5. The summed E-state index contributed by atoms with van der Waals surface area (Å²) in [5.74, 6) is 0.596. The second-order valence-electron chi connectivity index (χ2n) is 6.05. The zero-order valence-electron chi connectivity index (χ0n) is 13.9. The molecule has 0 unspecified atom stereocenters. The van der Waals surface area contributed by atoms with E-state index >= 15 is 0 Å². The maximum absolute atomic E-state index is 12.5. The van der Waals surface area contributed by atoms with Crippen LogP contribution in [0.5, 0.6) is 0 Å². The van der Waals surface area contributed by atoms with Gasteiger partial charge in [0, 0.05) is 32.1 Å². The number of carbonyl (C=O) groups is 2. The molecule has 6 nitrogen and oxygen atoms in total. The summed E-state index contributed by atoms with van der Waals surface area (Å²) in [6, 6.07) is 0. The Labute approximate surface area is 133 Å². The van der Waals surface area contributed by atoms with Crippen molar-refractivity contribution in [3.8, 4) is 0 Å². The second-order valence-corrected chi connectivity index (χ2v) is 6.05. The molecule has 6 heteroatoms. The van der Waals surface area contributed by atoms with Crippen LogP contribution < -0.4 is 0 Å². The average Bonchev–Trinajstić information content (AvgIpc) is 2.57. The van der Waals surface area contributed by atoms with Crippen LogP contribution in [0.15, 0.2) is 0 Å². The topological polar surface area (TPSA) is 53.1 Å². The fourth-order valence-electron chi connectivity index (χ4n) is 3.25. The van der Waals surface area contributed by atoms with Crippen molar-refractivity contribution >= 4 is 11.8 Å². The Balaban J connectivity index is 1.75. The molecule has 2 fully saturated rings. The molecule has 2 aliphatic heterocycles. The first-order valence-corrected chi connectivity index (χ1v) is 8.52. The van der Waals surface area contributed by atoms with E-state index in [0.29, 0.717) is 19.8 Å². The molecule has 2 amide bonds. The van der Waals surface area contributed by atoms with Gasteiger partial charge in [0.1, 0.15) is 0 Å². The molecule has 0 atom stereocenters. The van der Waals surface area contributed by atoms with Crippen LogP contribution in [0.2, 0.25) is 0 Å². The van der Waals surface area contributed by atoms with E-state index in [9.17, 15) is 9.59 Å². The van der Waals surface area contributed by atoms with Crippen molar-refractivity contribution < 1.29 is 14.3 Å². The van der Waals surface area contributed by atoms with Crippen molar-refractivity contribution in [2.24, 2.45) is 5.92 Å². The van der Waals surface area contributed by atoms with Gasteiger partial charge in [-0.2, -0.15) is 0 Å². The van der Waals surface area contributed by atoms with E-state index in [1.54, 1.807) is 0 Å².